The molecule has 1 aliphatic heterocycles. The third kappa shape index (κ3) is 3.62. The summed E-state index contributed by atoms with van der Waals surface area (Å²) in [5, 5.41) is 0. The van der Waals surface area contributed by atoms with Crippen LogP contribution in [0, 0.1) is 0 Å². The fourth-order valence-electron chi connectivity index (χ4n) is 2.08. The van der Waals surface area contributed by atoms with Gasteiger partial charge in [-0.1, -0.05) is 22.6 Å². The molecule has 0 aromatic carbocycles. The number of rotatable bonds is 6. The Balaban J connectivity index is 2.70. The maximum atomic E-state index is 11.9. The summed E-state index contributed by atoms with van der Waals surface area (Å²) in [4.78, 5) is 9.72. The lowest BCUT2D eigenvalue weighted by Gasteiger charge is -2.23. The van der Waals surface area contributed by atoms with E-state index in [1.165, 1.54) is 0 Å². The molecular weight excluding hydrogens is 255 g/mol. The van der Waals surface area contributed by atoms with Crippen molar-refractivity contribution in [2.45, 2.75) is 39.7 Å². The van der Waals surface area contributed by atoms with E-state index in [2.05, 4.69) is 6.92 Å². The van der Waals surface area contributed by atoms with Gasteiger partial charge < -0.3 is 0 Å². The standard InChI is InChI=1S/C11H24N2O4P/c1-6-7-8-16-18(14,15)17-13(5)9-10(2)12(4)11(13)3/h10H,6-9H2,1-5H3/q+1/p+1. The average molecular weight is 280 g/mol. The van der Waals surface area contributed by atoms with Gasteiger partial charge in [-0.2, -0.15) is 4.58 Å². The maximum Gasteiger partial charge on any atom is 0.518 e. The van der Waals surface area contributed by atoms with Gasteiger partial charge in [0.2, 0.25) is 6.04 Å². The van der Waals surface area contributed by atoms with Crippen molar-refractivity contribution in [2.24, 2.45) is 0 Å². The van der Waals surface area contributed by atoms with Gasteiger partial charge in [0.25, 0.3) is 0 Å². The fourth-order valence-corrected chi connectivity index (χ4v) is 3.13. The Kier molecular flexibility index (Phi) is 5.09. The van der Waals surface area contributed by atoms with Gasteiger partial charge in [0.15, 0.2) is 6.54 Å². The number of quaternary nitrogens is 1. The minimum Gasteiger partial charge on any atom is -0.299 e. The van der Waals surface area contributed by atoms with Crippen LogP contribution in [0.2, 0.25) is 0 Å². The van der Waals surface area contributed by atoms with Crippen LogP contribution in [0.25, 0.3) is 0 Å². The number of likely N-dealkylation sites (N-methyl/N-ethyl adjacent to an activating group) is 2. The SMILES string of the molecule is CCCCOP(=O)(O)O[N+]1(C)CC(C)[N+](C)=C1C. The molecule has 18 heavy (non-hydrogen) atoms. The summed E-state index contributed by atoms with van der Waals surface area (Å²) in [7, 11) is -0.272. The normalized spacial score (nSPS) is 31.8. The van der Waals surface area contributed by atoms with E-state index in [0.717, 1.165) is 18.7 Å². The molecule has 0 bridgehead atoms. The molecule has 7 heteroatoms. The van der Waals surface area contributed by atoms with Crippen molar-refractivity contribution in [3.8, 4) is 0 Å². The Bertz CT molecular complexity index is 385. The van der Waals surface area contributed by atoms with Crippen molar-refractivity contribution in [1.82, 2.24) is 0 Å². The van der Waals surface area contributed by atoms with E-state index in [1.807, 2.05) is 25.5 Å². The van der Waals surface area contributed by atoms with E-state index in [1.54, 1.807) is 7.05 Å². The van der Waals surface area contributed by atoms with Crippen molar-refractivity contribution >= 4 is 13.7 Å². The zero-order valence-corrected chi connectivity index (χ0v) is 12.8. The highest BCUT2D eigenvalue weighted by molar-refractivity contribution is 7.47. The number of amidine groups is 1. The summed E-state index contributed by atoms with van der Waals surface area (Å²) in [6.45, 7) is 6.82. The minimum absolute atomic E-state index is 0.00241. The van der Waals surface area contributed by atoms with Gasteiger partial charge in [0.1, 0.15) is 14.1 Å². The average Bonchev–Trinajstić information content (AvgIpc) is 2.42. The van der Waals surface area contributed by atoms with Crippen LogP contribution in [0.1, 0.15) is 33.6 Å². The van der Waals surface area contributed by atoms with Crippen molar-refractivity contribution in [1.29, 1.82) is 0 Å². The zero-order valence-electron chi connectivity index (χ0n) is 11.9. The number of hydroxylamine groups is 3. The molecule has 3 unspecified atom stereocenters. The Morgan fingerprint density at radius 1 is 1.61 bits per heavy atom. The Morgan fingerprint density at radius 3 is 2.67 bits per heavy atom. The van der Waals surface area contributed by atoms with Crippen LogP contribution in [0.15, 0.2) is 0 Å². The molecule has 0 amide bonds. The number of phosphoric ester groups is 1. The van der Waals surface area contributed by atoms with Crippen molar-refractivity contribution in [2.75, 3.05) is 27.2 Å². The van der Waals surface area contributed by atoms with Crippen molar-refractivity contribution in [3.63, 3.8) is 0 Å². The summed E-state index contributed by atoms with van der Waals surface area (Å²) < 4.78 is 24.2. The summed E-state index contributed by atoms with van der Waals surface area (Å²) >= 11 is 0. The van der Waals surface area contributed by atoms with Crippen LogP contribution < -0.4 is 0 Å². The fraction of sp³-hybridized carbons (Fsp3) is 0.909. The highest BCUT2D eigenvalue weighted by Gasteiger charge is 2.51. The molecule has 1 aliphatic rings. The van der Waals surface area contributed by atoms with Crippen molar-refractivity contribution in [3.05, 3.63) is 0 Å². The van der Waals surface area contributed by atoms with Crippen LogP contribution in [-0.4, -0.2) is 53.2 Å². The van der Waals surface area contributed by atoms with Gasteiger partial charge >= 0.3 is 13.7 Å². The number of phosphoric acid groups is 1. The second kappa shape index (κ2) is 5.80. The third-order valence-corrected chi connectivity index (χ3v) is 4.58. The lowest BCUT2D eigenvalue weighted by molar-refractivity contribution is -0.992. The number of unbranched alkanes of at least 4 members (excludes halogenated alkanes) is 1. The number of hydrogen-bond donors (Lipinski definition) is 1. The molecule has 3 atom stereocenters. The van der Waals surface area contributed by atoms with Gasteiger partial charge in [-0.25, -0.2) is 4.57 Å². The van der Waals surface area contributed by atoms with Crippen LogP contribution in [0.5, 0.6) is 0 Å². The largest absolute Gasteiger partial charge is 0.518 e. The van der Waals surface area contributed by atoms with Crippen LogP contribution in [-0.2, 0) is 13.7 Å². The van der Waals surface area contributed by atoms with Gasteiger partial charge in [-0.05, 0) is 6.42 Å². The third-order valence-electron chi connectivity index (χ3n) is 3.50. The summed E-state index contributed by atoms with van der Waals surface area (Å²) in [5.74, 6) is 0.899. The molecule has 1 rings (SSSR count). The second-order valence-corrected chi connectivity index (χ2v) is 6.39. The molecule has 1 N–H and O–H groups in total. The van der Waals surface area contributed by atoms with E-state index in [9.17, 15) is 9.46 Å². The highest BCUT2D eigenvalue weighted by Crippen LogP contribution is 2.47. The molecule has 6 nitrogen and oxygen atoms in total. The predicted octanol–water partition coefficient (Wildman–Crippen LogP) is 1.74. The summed E-state index contributed by atoms with van der Waals surface area (Å²) in [5.41, 5.74) is 0. The lowest BCUT2D eigenvalue weighted by atomic mass is 10.3. The summed E-state index contributed by atoms with van der Waals surface area (Å²) in [6, 6.07) is 0.269. The van der Waals surface area contributed by atoms with Gasteiger partial charge in [-0.15, -0.1) is 0 Å². The first kappa shape index (κ1) is 15.8. The smallest absolute Gasteiger partial charge is 0.299 e. The Morgan fingerprint density at radius 2 is 2.22 bits per heavy atom. The Labute approximate surface area is 109 Å². The molecule has 1 heterocycles. The molecule has 0 radical (unpaired) electrons. The molecular formula is C11H25N2O4P+2. The maximum absolute atomic E-state index is 11.9. The van der Waals surface area contributed by atoms with Crippen LogP contribution in [0.4, 0.5) is 0 Å². The second-order valence-electron chi connectivity index (χ2n) is 5.03. The topological polar surface area (TPSA) is 58.8 Å². The highest BCUT2D eigenvalue weighted by atomic mass is 31.2. The molecule has 0 saturated carbocycles. The van der Waals surface area contributed by atoms with E-state index < -0.39 is 7.82 Å². The van der Waals surface area contributed by atoms with E-state index in [0.29, 0.717) is 6.54 Å². The summed E-state index contributed by atoms with van der Waals surface area (Å²) in [6.07, 6.45) is 1.66. The van der Waals surface area contributed by atoms with Gasteiger partial charge in [-0.3, -0.25) is 9.42 Å². The van der Waals surface area contributed by atoms with Crippen LogP contribution in [0.3, 0.4) is 0 Å². The predicted molar refractivity (Wildman–Crippen MR) is 69.1 cm³/mol. The quantitative estimate of drug-likeness (QED) is 0.348. The molecule has 0 fully saturated rings. The molecule has 0 saturated heterocycles. The first-order valence-corrected chi connectivity index (χ1v) is 7.82. The first-order chi connectivity index (χ1) is 8.22. The van der Waals surface area contributed by atoms with E-state index >= 15 is 0 Å². The van der Waals surface area contributed by atoms with Gasteiger partial charge in [0.05, 0.1) is 13.5 Å². The molecule has 0 aliphatic carbocycles. The van der Waals surface area contributed by atoms with Crippen molar-refractivity contribution < 1.29 is 27.8 Å². The van der Waals surface area contributed by atoms with E-state index in [4.69, 9.17) is 9.15 Å². The lowest BCUT2D eigenvalue weighted by Crippen LogP contribution is -2.45. The molecule has 106 valence electrons. The number of hydrogen-bond acceptors (Lipinski definition) is 3. The minimum atomic E-state index is -4.00. The number of nitrogens with zero attached hydrogens (tertiary/aromatic N) is 2. The zero-order chi connectivity index (χ0) is 14.0. The Hall–Kier alpha value is -0.260. The van der Waals surface area contributed by atoms with E-state index in [-0.39, 0.29) is 17.3 Å². The monoisotopic (exact) mass is 280 g/mol. The first-order valence-electron chi connectivity index (χ1n) is 6.33. The molecule has 0 aromatic heterocycles. The van der Waals surface area contributed by atoms with Gasteiger partial charge in [0, 0.05) is 6.92 Å². The molecule has 0 aromatic rings. The molecule has 0 spiro atoms. The van der Waals surface area contributed by atoms with Crippen LogP contribution >= 0.6 is 7.82 Å².